The van der Waals surface area contributed by atoms with Gasteiger partial charge in [0.05, 0.1) is 12.6 Å². The Kier molecular flexibility index (Phi) is 6.60. The number of nitrogens with one attached hydrogen (secondary N) is 2. The molecule has 2 aliphatic heterocycles. The van der Waals surface area contributed by atoms with Gasteiger partial charge in [-0.15, -0.1) is 0 Å². The lowest BCUT2D eigenvalue weighted by Gasteiger charge is -2.32. The predicted molar refractivity (Wildman–Crippen MR) is 99.6 cm³/mol. The third-order valence-corrected chi connectivity index (χ3v) is 5.02. The van der Waals surface area contributed by atoms with E-state index in [0.29, 0.717) is 13.1 Å². The summed E-state index contributed by atoms with van der Waals surface area (Å²) in [5.41, 5.74) is 6.40. The topological polar surface area (TPSA) is 96.7 Å². The number of carbonyl (C=O) groups excluding carboxylic acids is 2. The Bertz CT molecular complexity index is 602. The molecule has 2 atom stereocenters. The number of rotatable bonds is 6. The zero-order valence-electron chi connectivity index (χ0n) is 15.0. The summed E-state index contributed by atoms with van der Waals surface area (Å²) in [6.45, 7) is 2.43. The summed E-state index contributed by atoms with van der Waals surface area (Å²) in [5.74, 6) is -0.0351. The molecule has 2 aliphatic rings. The number of para-hydroxylation sites is 1. The van der Waals surface area contributed by atoms with E-state index in [2.05, 4.69) is 15.5 Å². The molecule has 142 valence electrons. The van der Waals surface area contributed by atoms with Crippen LogP contribution in [0.2, 0.25) is 0 Å². The molecule has 7 heteroatoms. The Labute approximate surface area is 154 Å². The largest absolute Gasteiger partial charge is 0.364 e. The molecule has 1 aromatic rings. The van der Waals surface area contributed by atoms with Crippen LogP contribution in [-0.2, 0) is 14.3 Å². The molecule has 0 unspecified atom stereocenters. The molecule has 0 saturated carbocycles. The molecule has 7 nitrogen and oxygen atoms in total. The SMILES string of the molecule is NC[C@H]1CC[C@@H](C(=O)NC2CCN(CC(=O)Nc3ccccc3)CC2)O1. The first kappa shape index (κ1) is 18.8. The van der Waals surface area contributed by atoms with Gasteiger partial charge in [-0.3, -0.25) is 14.5 Å². The first-order chi connectivity index (χ1) is 12.6. The van der Waals surface area contributed by atoms with Crippen LogP contribution in [0, 0.1) is 0 Å². The summed E-state index contributed by atoms with van der Waals surface area (Å²) in [5, 5.41) is 5.99. The number of piperidine rings is 1. The molecule has 1 aromatic carbocycles. The lowest BCUT2D eigenvalue weighted by atomic mass is 10.0. The van der Waals surface area contributed by atoms with Crippen LogP contribution in [0.25, 0.3) is 0 Å². The maximum atomic E-state index is 12.3. The van der Waals surface area contributed by atoms with E-state index < -0.39 is 0 Å². The summed E-state index contributed by atoms with van der Waals surface area (Å²) in [6, 6.07) is 9.61. The number of anilines is 1. The molecule has 0 aromatic heterocycles. The minimum Gasteiger partial charge on any atom is -0.364 e. The lowest BCUT2D eigenvalue weighted by molar-refractivity contribution is -0.133. The van der Waals surface area contributed by atoms with Gasteiger partial charge in [0.25, 0.3) is 0 Å². The Hall–Kier alpha value is -1.96. The van der Waals surface area contributed by atoms with Crippen molar-refractivity contribution < 1.29 is 14.3 Å². The molecular formula is C19H28N4O3. The van der Waals surface area contributed by atoms with Crippen molar-refractivity contribution in [2.45, 2.75) is 43.9 Å². The Morgan fingerprint density at radius 3 is 2.50 bits per heavy atom. The molecule has 26 heavy (non-hydrogen) atoms. The van der Waals surface area contributed by atoms with Crippen LogP contribution in [0.3, 0.4) is 0 Å². The van der Waals surface area contributed by atoms with Crippen molar-refractivity contribution in [3.05, 3.63) is 30.3 Å². The quantitative estimate of drug-likeness (QED) is 0.694. The van der Waals surface area contributed by atoms with Gasteiger partial charge in [-0.1, -0.05) is 18.2 Å². The van der Waals surface area contributed by atoms with Gasteiger partial charge in [-0.05, 0) is 37.8 Å². The number of nitrogens with two attached hydrogens (primary N) is 1. The third-order valence-electron chi connectivity index (χ3n) is 5.02. The molecule has 2 heterocycles. The zero-order valence-corrected chi connectivity index (χ0v) is 15.0. The van der Waals surface area contributed by atoms with Gasteiger partial charge in [0.2, 0.25) is 11.8 Å². The molecular weight excluding hydrogens is 332 g/mol. The number of amides is 2. The van der Waals surface area contributed by atoms with Crippen LogP contribution in [0.5, 0.6) is 0 Å². The van der Waals surface area contributed by atoms with Crippen molar-refractivity contribution in [3.63, 3.8) is 0 Å². The second-order valence-electron chi connectivity index (χ2n) is 7.03. The molecule has 2 amide bonds. The van der Waals surface area contributed by atoms with Crippen molar-refractivity contribution in [1.82, 2.24) is 10.2 Å². The van der Waals surface area contributed by atoms with E-state index in [1.807, 2.05) is 30.3 Å². The van der Waals surface area contributed by atoms with E-state index in [-0.39, 0.29) is 30.1 Å². The van der Waals surface area contributed by atoms with Crippen LogP contribution in [0.4, 0.5) is 5.69 Å². The molecule has 2 fully saturated rings. The lowest BCUT2D eigenvalue weighted by Crippen LogP contribution is -2.48. The summed E-state index contributed by atoms with van der Waals surface area (Å²) in [7, 11) is 0. The van der Waals surface area contributed by atoms with Crippen molar-refractivity contribution in [2.75, 3.05) is 31.5 Å². The maximum Gasteiger partial charge on any atom is 0.249 e. The normalized spacial score (nSPS) is 24.3. The monoisotopic (exact) mass is 360 g/mol. The first-order valence-electron chi connectivity index (χ1n) is 9.37. The van der Waals surface area contributed by atoms with Crippen molar-refractivity contribution in [1.29, 1.82) is 0 Å². The van der Waals surface area contributed by atoms with Gasteiger partial charge >= 0.3 is 0 Å². The predicted octanol–water partition coefficient (Wildman–Crippen LogP) is 0.712. The average molecular weight is 360 g/mol. The van der Waals surface area contributed by atoms with Gasteiger partial charge < -0.3 is 21.1 Å². The zero-order chi connectivity index (χ0) is 18.4. The Morgan fingerprint density at radius 2 is 1.85 bits per heavy atom. The first-order valence-corrected chi connectivity index (χ1v) is 9.37. The van der Waals surface area contributed by atoms with Gasteiger partial charge in [0.15, 0.2) is 0 Å². The van der Waals surface area contributed by atoms with E-state index >= 15 is 0 Å². The minimum absolute atomic E-state index is 0.00846. The van der Waals surface area contributed by atoms with Crippen molar-refractivity contribution in [2.24, 2.45) is 5.73 Å². The molecule has 0 radical (unpaired) electrons. The number of ether oxygens (including phenoxy) is 1. The molecule has 3 rings (SSSR count). The van der Waals surface area contributed by atoms with Crippen molar-refractivity contribution in [3.8, 4) is 0 Å². The number of nitrogens with zero attached hydrogens (tertiary/aromatic N) is 1. The molecule has 0 aliphatic carbocycles. The number of benzene rings is 1. The highest BCUT2D eigenvalue weighted by Gasteiger charge is 2.31. The van der Waals surface area contributed by atoms with Gasteiger partial charge in [0, 0.05) is 31.4 Å². The number of hydrogen-bond donors (Lipinski definition) is 3. The third kappa shape index (κ3) is 5.27. The van der Waals surface area contributed by atoms with Crippen LogP contribution in [0.15, 0.2) is 30.3 Å². The fraction of sp³-hybridized carbons (Fsp3) is 0.579. The standard InChI is InChI=1S/C19H28N4O3/c20-12-16-6-7-17(26-16)19(25)22-15-8-10-23(11-9-15)13-18(24)21-14-4-2-1-3-5-14/h1-5,15-17H,6-13,20H2,(H,21,24)(H,22,25)/t16-,17+/m1/s1. The molecule has 4 N–H and O–H groups in total. The van der Waals surface area contributed by atoms with Crippen LogP contribution in [-0.4, -0.2) is 61.1 Å². The average Bonchev–Trinajstić information content (AvgIpc) is 3.13. The summed E-state index contributed by atoms with van der Waals surface area (Å²) < 4.78 is 5.64. The number of hydrogen-bond acceptors (Lipinski definition) is 5. The number of carbonyl (C=O) groups is 2. The van der Waals surface area contributed by atoms with E-state index in [9.17, 15) is 9.59 Å². The van der Waals surface area contributed by atoms with Gasteiger partial charge in [-0.25, -0.2) is 0 Å². The second-order valence-corrected chi connectivity index (χ2v) is 7.03. The Balaban J connectivity index is 1.36. The van der Waals surface area contributed by atoms with Gasteiger partial charge in [-0.2, -0.15) is 0 Å². The van der Waals surface area contributed by atoms with E-state index in [1.165, 1.54) is 0 Å². The van der Waals surface area contributed by atoms with Crippen LogP contribution >= 0.6 is 0 Å². The fourth-order valence-corrected chi connectivity index (χ4v) is 3.53. The van der Waals surface area contributed by atoms with E-state index in [4.69, 9.17) is 10.5 Å². The Morgan fingerprint density at radius 1 is 1.12 bits per heavy atom. The minimum atomic E-state index is -0.363. The van der Waals surface area contributed by atoms with Crippen molar-refractivity contribution >= 4 is 17.5 Å². The molecule has 2 saturated heterocycles. The van der Waals surface area contributed by atoms with Gasteiger partial charge in [0.1, 0.15) is 6.10 Å². The highest BCUT2D eigenvalue weighted by atomic mass is 16.5. The summed E-state index contributed by atoms with van der Waals surface area (Å²) in [4.78, 5) is 26.5. The van der Waals surface area contributed by atoms with E-state index in [0.717, 1.165) is 44.5 Å². The molecule has 0 spiro atoms. The molecule has 0 bridgehead atoms. The van der Waals surface area contributed by atoms with Crippen LogP contribution < -0.4 is 16.4 Å². The second kappa shape index (κ2) is 9.12. The number of likely N-dealkylation sites (tertiary alicyclic amines) is 1. The smallest absolute Gasteiger partial charge is 0.249 e. The van der Waals surface area contributed by atoms with Crippen LogP contribution in [0.1, 0.15) is 25.7 Å². The summed E-state index contributed by atoms with van der Waals surface area (Å²) in [6.07, 6.45) is 2.93. The van der Waals surface area contributed by atoms with E-state index in [1.54, 1.807) is 0 Å². The summed E-state index contributed by atoms with van der Waals surface area (Å²) >= 11 is 0. The highest BCUT2D eigenvalue weighted by molar-refractivity contribution is 5.92. The maximum absolute atomic E-state index is 12.3. The highest BCUT2D eigenvalue weighted by Crippen LogP contribution is 2.20. The fourth-order valence-electron chi connectivity index (χ4n) is 3.53.